The maximum Gasteiger partial charge on any atom is 0.262 e. The number of likely N-dealkylation sites (tertiary alicyclic amines) is 1. The van der Waals surface area contributed by atoms with Crippen LogP contribution >= 0.6 is 0 Å². The van der Waals surface area contributed by atoms with Crippen molar-refractivity contribution in [3.05, 3.63) is 36.4 Å². The topological polar surface area (TPSA) is 87.7 Å². The lowest BCUT2D eigenvalue weighted by molar-refractivity contribution is -0.132. The third-order valence-electron chi connectivity index (χ3n) is 4.77. The average Bonchev–Trinajstić information content (AvgIpc) is 2.66. The van der Waals surface area contributed by atoms with Gasteiger partial charge in [-0.15, -0.1) is 0 Å². The number of hydrogen-bond acceptors (Lipinski definition) is 4. The van der Waals surface area contributed by atoms with Crippen LogP contribution in [0.5, 0.6) is 5.75 Å². The van der Waals surface area contributed by atoms with E-state index in [-0.39, 0.29) is 36.3 Å². The van der Waals surface area contributed by atoms with Crippen molar-refractivity contribution in [3.63, 3.8) is 0 Å². The van der Waals surface area contributed by atoms with Gasteiger partial charge in [0.1, 0.15) is 5.75 Å². The minimum Gasteiger partial charge on any atom is -0.482 e. The number of amides is 3. The summed E-state index contributed by atoms with van der Waals surface area (Å²) in [7, 11) is 0. The minimum absolute atomic E-state index is 0.0141. The van der Waals surface area contributed by atoms with Crippen LogP contribution in [0.25, 0.3) is 0 Å². The molecule has 0 bridgehead atoms. The largest absolute Gasteiger partial charge is 0.482 e. The van der Waals surface area contributed by atoms with Crippen LogP contribution in [0.4, 0.5) is 5.69 Å². The fourth-order valence-electron chi connectivity index (χ4n) is 3.31. The van der Waals surface area contributed by atoms with Crippen molar-refractivity contribution in [2.75, 3.05) is 25.0 Å². The van der Waals surface area contributed by atoms with Gasteiger partial charge in [0.25, 0.3) is 5.91 Å². The molecule has 3 rings (SSSR count). The first-order valence-corrected chi connectivity index (χ1v) is 8.76. The highest BCUT2D eigenvalue weighted by Crippen LogP contribution is 2.30. The van der Waals surface area contributed by atoms with E-state index in [2.05, 4.69) is 17.2 Å². The van der Waals surface area contributed by atoms with Crippen molar-refractivity contribution in [3.8, 4) is 5.75 Å². The Labute approximate surface area is 152 Å². The van der Waals surface area contributed by atoms with Gasteiger partial charge in [0.05, 0.1) is 17.6 Å². The van der Waals surface area contributed by atoms with Gasteiger partial charge in [-0.3, -0.25) is 14.4 Å². The second-order valence-corrected chi connectivity index (χ2v) is 6.65. The highest BCUT2D eigenvalue weighted by Gasteiger charge is 2.28. The van der Waals surface area contributed by atoms with Crippen molar-refractivity contribution in [1.29, 1.82) is 0 Å². The van der Waals surface area contributed by atoms with E-state index < -0.39 is 0 Å². The molecule has 1 aromatic rings. The van der Waals surface area contributed by atoms with Crippen molar-refractivity contribution in [2.24, 2.45) is 5.92 Å². The highest BCUT2D eigenvalue weighted by molar-refractivity contribution is 5.95. The molecule has 7 heteroatoms. The number of piperidine rings is 1. The Bertz CT molecular complexity index is 746. The van der Waals surface area contributed by atoms with E-state index in [0.717, 1.165) is 18.4 Å². The zero-order valence-corrected chi connectivity index (χ0v) is 14.8. The van der Waals surface area contributed by atoms with E-state index in [0.29, 0.717) is 24.5 Å². The Morgan fingerprint density at radius 1 is 1.46 bits per heavy atom. The summed E-state index contributed by atoms with van der Waals surface area (Å²) < 4.78 is 5.35. The molecule has 2 heterocycles. The first-order chi connectivity index (χ1) is 12.5. The molecule has 1 fully saturated rings. The number of carbonyl (C=O) groups excluding carboxylic acids is 3. The van der Waals surface area contributed by atoms with Gasteiger partial charge in [-0.2, -0.15) is 0 Å². The molecule has 2 unspecified atom stereocenters. The van der Waals surface area contributed by atoms with Crippen LogP contribution in [-0.4, -0.2) is 42.3 Å². The molecule has 2 aliphatic heterocycles. The second kappa shape index (κ2) is 7.59. The number of benzene rings is 1. The number of carbonyl (C=O) groups is 3. The summed E-state index contributed by atoms with van der Waals surface area (Å²) in [6.07, 6.45) is 2.84. The normalized spacial score (nSPS) is 20.3. The third-order valence-corrected chi connectivity index (χ3v) is 4.77. The Morgan fingerprint density at radius 2 is 2.27 bits per heavy atom. The number of hydrogen-bond donors (Lipinski definition) is 2. The van der Waals surface area contributed by atoms with Crippen molar-refractivity contribution in [1.82, 2.24) is 10.2 Å². The highest BCUT2D eigenvalue weighted by atomic mass is 16.5. The summed E-state index contributed by atoms with van der Waals surface area (Å²) >= 11 is 0. The van der Waals surface area contributed by atoms with E-state index in [4.69, 9.17) is 4.74 Å². The average molecular weight is 357 g/mol. The lowest BCUT2D eigenvalue weighted by Gasteiger charge is -2.32. The van der Waals surface area contributed by atoms with E-state index in [9.17, 15) is 14.4 Å². The molecule has 0 saturated carbocycles. The molecule has 0 spiro atoms. The van der Waals surface area contributed by atoms with Crippen molar-refractivity contribution in [2.45, 2.75) is 25.8 Å². The summed E-state index contributed by atoms with van der Waals surface area (Å²) in [6.45, 7) is 6.48. The van der Waals surface area contributed by atoms with Gasteiger partial charge in [-0.25, -0.2) is 0 Å². The number of nitrogens with one attached hydrogen (secondary N) is 2. The lowest BCUT2D eigenvalue weighted by atomic mass is 9.96. The van der Waals surface area contributed by atoms with Crippen LogP contribution in [0, 0.1) is 5.92 Å². The lowest BCUT2D eigenvalue weighted by Crippen LogP contribution is -2.45. The monoisotopic (exact) mass is 357 g/mol. The van der Waals surface area contributed by atoms with Gasteiger partial charge in [0.15, 0.2) is 6.61 Å². The molecule has 138 valence electrons. The first kappa shape index (κ1) is 18.0. The van der Waals surface area contributed by atoms with Crippen LogP contribution in [-0.2, 0) is 14.4 Å². The standard InChI is InChI=1S/C19H23N3O4/c1-3-18(24)22-8-4-5-14(10-22)19(25)20-12(2)13-6-7-16-15(9-13)21-17(23)11-26-16/h3,6-7,9,12,14H,1,4-5,8,10-11H2,2H3,(H,20,25)(H,21,23). The van der Waals surface area contributed by atoms with Gasteiger partial charge >= 0.3 is 0 Å². The predicted molar refractivity (Wildman–Crippen MR) is 96.6 cm³/mol. The number of ether oxygens (including phenoxy) is 1. The molecule has 0 radical (unpaired) electrons. The van der Waals surface area contributed by atoms with E-state index in [1.165, 1.54) is 6.08 Å². The van der Waals surface area contributed by atoms with Crippen LogP contribution in [0.15, 0.2) is 30.9 Å². The van der Waals surface area contributed by atoms with Crippen LogP contribution in [0.1, 0.15) is 31.4 Å². The van der Waals surface area contributed by atoms with Gasteiger partial charge in [0, 0.05) is 13.1 Å². The van der Waals surface area contributed by atoms with Crippen molar-refractivity contribution >= 4 is 23.4 Å². The number of nitrogens with zero attached hydrogens (tertiary/aromatic N) is 1. The summed E-state index contributed by atoms with van der Waals surface area (Å²) in [5.41, 5.74) is 1.48. The number of rotatable bonds is 4. The zero-order chi connectivity index (χ0) is 18.7. The summed E-state index contributed by atoms with van der Waals surface area (Å²) in [4.78, 5) is 37.5. The van der Waals surface area contributed by atoms with Gasteiger partial charge in [-0.05, 0) is 43.5 Å². The zero-order valence-electron chi connectivity index (χ0n) is 14.8. The molecule has 0 aromatic heterocycles. The molecule has 1 saturated heterocycles. The molecular weight excluding hydrogens is 334 g/mol. The Morgan fingerprint density at radius 3 is 3.04 bits per heavy atom. The van der Waals surface area contributed by atoms with Gasteiger partial charge < -0.3 is 20.3 Å². The Balaban J connectivity index is 1.64. The van der Waals surface area contributed by atoms with Gasteiger partial charge in [-0.1, -0.05) is 12.6 Å². The molecule has 26 heavy (non-hydrogen) atoms. The molecule has 2 atom stereocenters. The fraction of sp³-hybridized carbons (Fsp3) is 0.421. The SMILES string of the molecule is C=CC(=O)N1CCCC(C(=O)NC(C)c2ccc3c(c2)NC(=O)CO3)C1. The Kier molecular flexibility index (Phi) is 5.25. The van der Waals surface area contributed by atoms with E-state index >= 15 is 0 Å². The number of fused-ring (bicyclic) bond motifs is 1. The third kappa shape index (κ3) is 3.87. The first-order valence-electron chi connectivity index (χ1n) is 8.76. The maximum absolute atomic E-state index is 12.6. The van der Waals surface area contributed by atoms with Gasteiger partial charge in [0.2, 0.25) is 11.8 Å². The predicted octanol–water partition coefficient (Wildman–Crippen LogP) is 1.62. The summed E-state index contributed by atoms with van der Waals surface area (Å²) in [5.74, 6) is -0.00735. The maximum atomic E-state index is 12.6. The molecule has 2 N–H and O–H groups in total. The van der Waals surface area contributed by atoms with Crippen LogP contribution < -0.4 is 15.4 Å². The van der Waals surface area contributed by atoms with E-state index in [1.54, 1.807) is 11.0 Å². The van der Waals surface area contributed by atoms with Crippen LogP contribution in [0.3, 0.4) is 0 Å². The molecule has 3 amide bonds. The second-order valence-electron chi connectivity index (χ2n) is 6.65. The number of anilines is 1. The van der Waals surface area contributed by atoms with Crippen LogP contribution in [0.2, 0.25) is 0 Å². The molecule has 0 aliphatic carbocycles. The summed E-state index contributed by atoms with van der Waals surface area (Å²) in [5, 5.41) is 5.77. The molecule has 1 aromatic carbocycles. The Hall–Kier alpha value is -2.83. The summed E-state index contributed by atoms with van der Waals surface area (Å²) in [6, 6.07) is 5.25. The molecular formula is C19H23N3O4. The fourth-order valence-corrected chi connectivity index (χ4v) is 3.31. The van der Waals surface area contributed by atoms with E-state index in [1.807, 2.05) is 19.1 Å². The molecule has 7 nitrogen and oxygen atoms in total. The van der Waals surface area contributed by atoms with Crippen molar-refractivity contribution < 1.29 is 19.1 Å². The smallest absolute Gasteiger partial charge is 0.262 e. The molecule has 2 aliphatic rings. The minimum atomic E-state index is -0.226. The quantitative estimate of drug-likeness (QED) is 0.802.